The summed E-state index contributed by atoms with van der Waals surface area (Å²) >= 11 is 3.42. The quantitative estimate of drug-likeness (QED) is 0.811. The number of pyridine rings is 1. The van der Waals surface area contributed by atoms with Crippen molar-refractivity contribution >= 4 is 40.7 Å². The molecule has 0 radical (unpaired) electrons. The number of nitrogens with one attached hydrogen (secondary N) is 1. The second-order valence-electron chi connectivity index (χ2n) is 5.34. The van der Waals surface area contributed by atoms with Gasteiger partial charge in [-0.25, -0.2) is 4.98 Å². The predicted molar refractivity (Wildman–Crippen MR) is 91.0 cm³/mol. The van der Waals surface area contributed by atoms with E-state index in [4.69, 9.17) is 0 Å². The zero-order valence-corrected chi connectivity index (χ0v) is 14.6. The van der Waals surface area contributed by atoms with Crippen molar-refractivity contribution < 1.29 is 0 Å². The van der Waals surface area contributed by atoms with Crippen LogP contribution in [0, 0.1) is 5.92 Å². The Morgan fingerprint density at radius 3 is 2.40 bits per heavy atom. The van der Waals surface area contributed by atoms with E-state index in [0.29, 0.717) is 6.04 Å². The minimum Gasteiger partial charge on any atom is -0.314 e. The molecular formula is C14H22BrCl2N3. The SMILES string of the molecule is Brc1ccc([C@@H](C2CCC2)N2CCNCC2)cn1.Cl.Cl. The lowest BCUT2D eigenvalue weighted by Crippen LogP contribution is -2.47. The number of aromatic nitrogens is 1. The zero-order valence-electron chi connectivity index (χ0n) is 11.4. The molecule has 6 heteroatoms. The fourth-order valence-corrected chi connectivity index (χ4v) is 3.29. The van der Waals surface area contributed by atoms with Crippen molar-refractivity contribution in [3.05, 3.63) is 28.5 Å². The maximum Gasteiger partial charge on any atom is 0.106 e. The van der Waals surface area contributed by atoms with E-state index in [1.165, 1.54) is 24.8 Å². The fourth-order valence-electron chi connectivity index (χ4n) is 3.06. The average Bonchev–Trinajstić information content (AvgIpc) is 2.36. The van der Waals surface area contributed by atoms with Crippen LogP contribution in [0.3, 0.4) is 0 Å². The molecule has 1 aromatic heterocycles. The summed E-state index contributed by atoms with van der Waals surface area (Å²) in [4.78, 5) is 7.05. The molecule has 3 nitrogen and oxygen atoms in total. The second-order valence-corrected chi connectivity index (χ2v) is 6.15. The Bertz CT molecular complexity index is 392. The predicted octanol–water partition coefficient (Wildman–Crippen LogP) is 3.43. The van der Waals surface area contributed by atoms with E-state index in [0.717, 1.165) is 36.7 Å². The van der Waals surface area contributed by atoms with Crippen LogP contribution in [-0.2, 0) is 0 Å². The summed E-state index contributed by atoms with van der Waals surface area (Å²) in [6.45, 7) is 4.56. The molecule has 0 amide bonds. The maximum atomic E-state index is 4.41. The molecule has 1 saturated heterocycles. The van der Waals surface area contributed by atoms with Crippen molar-refractivity contribution in [2.75, 3.05) is 26.2 Å². The fraction of sp³-hybridized carbons (Fsp3) is 0.643. The van der Waals surface area contributed by atoms with Crippen LogP contribution in [0.5, 0.6) is 0 Å². The van der Waals surface area contributed by atoms with Crippen molar-refractivity contribution in [2.24, 2.45) is 5.92 Å². The number of hydrogen-bond donors (Lipinski definition) is 1. The summed E-state index contributed by atoms with van der Waals surface area (Å²) in [6.07, 6.45) is 6.21. The van der Waals surface area contributed by atoms with Crippen LogP contribution < -0.4 is 5.32 Å². The van der Waals surface area contributed by atoms with Crippen LogP contribution in [-0.4, -0.2) is 36.1 Å². The topological polar surface area (TPSA) is 28.2 Å². The summed E-state index contributed by atoms with van der Waals surface area (Å²) in [6, 6.07) is 4.90. The summed E-state index contributed by atoms with van der Waals surface area (Å²) in [5.41, 5.74) is 1.39. The normalized spacial score (nSPS) is 21.2. The Balaban J connectivity index is 0.000001000. The lowest BCUT2D eigenvalue weighted by Gasteiger charge is -2.43. The molecule has 2 heterocycles. The summed E-state index contributed by atoms with van der Waals surface area (Å²) in [5, 5.41) is 3.44. The van der Waals surface area contributed by atoms with E-state index in [2.05, 4.69) is 49.5 Å². The van der Waals surface area contributed by atoms with Crippen molar-refractivity contribution in [1.29, 1.82) is 0 Å². The van der Waals surface area contributed by atoms with E-state index in [-0.39, 0.29) is 24.8 Å². The molecule has 1 aliphatic carbocycles. The first-order valence-electron chi connectivity index (χ1n) is 6.91. The van der Waals surface area contributed by atoms with E-state index >= 15 is 0 Å². The summed E-state index contributed by atoms with van der Waals surface area (Å²) in [7, 11) is 0. The van der Waals surface area contributed by atoms with Gasteiger partial charge < -0.3 is 5.32 Å². The van der Waals surface area contributed by atoms with Crippen LogP contribution in [0.4, 0.5) is 0 Å². The molecule has 0 bridgehead atoms. The molecule has 2 aliphatic rings. The van der Waals surface area contributed by atoms with E-state index in [1.807, 2.05) is 0 Å². The number of halogens is 3. The van der Waals surface area contributed by atoms with Crippen LogP contribution >= 0.6 is 40.7 Å². The van der Waals surface area contributed by atoms with Gasteiger partial charge in [-0.1, -0.05) is 12.5 Å². The van der Waals surface area contributed by atoms with Crippen LogP contribution in [0.1, 0.15) is 30.9 Å². The maximum absolute atomic E-state index is 4.41. The van der Waals surface area contributed by atoms with Gasteiger partial charge in [0.25, 0.3) is 0 Å². The third-order valence-electron chi connectivity index (χ3n) is 4.23. The standard InChI is InChI=1S/C14H20BrN3.2ClH/c15-13-5-4-12(10-17-13)14(11-2-1-3-11)18-8-6-16-7-9-18;;/h4-5,10-11,14,16H,1-3,6-9H2;2*1H/t14-;;/m1../s1. The molecule has 1 aliphatic heterocycles. The van der Waals surface area contributed by atoms with Gasteiger partial charge in [0.15, 0.2) is 0 Å². The molecule has 0 spiro atoms. The van der Waals surface area contributed by atoms with Gasteiger partial charge >= 0.3 is 0 Å². The van der Waals surface area contributed by atoms with Gasteiger partial charge in [-0.2, -0.15) is 0 Å². The third kappa shape index (κ3) is 4.08. The van der Waals surface area contributed by atoms with Gasteiger partial charge in [0.1, 0.15) is 4.60 Å². The number of hydrogen-bond acceptors (Lipinski definition) is 3. The molecule has 114 valence electrons. The molecule has 1 N–H and O–H groups in total. The lowest BCUT2D eigenvalue weighted by atomic mass is 9.76. The number of nitrogens with zero attached hydrogens (tertiary/aromatic N) is 2. The highest BCUT2D eigenvalue weighted by atomic mass is 79.9. The molecular weight excluding hydrogens is 361 g/mol. The largest absolute Gasteiger partial charge is 0.314 e. The van der Waals surface area contributed by atoms with Gasteiger partial charge in [-0.05, 0) is 46.3 Å². The highest BCUT2D eigenvalue weighted by Crippen LogP contribution is 2.41. The molecule has 1 saturated carbocycles. The average molecular weight is 383 g/mol. The highest BCUT2D eigenvalue weighted by molar-refractivity contribution is 9.10. The Labute approximate surface area is 141 Å². The summed E-state index contributed by atoms with van der Waals surface area (Å²) in [5.74, 6) is 0.839. The van der Waals surface area contributed by atoms with Gasteiger partial charge in [0.05, 0.1) is 0 Å². The Hall–Kier alpha value is 0.130. The van der Waals surface area contributed by atoms with Gasteiger partial charge in [-0.15, -0.1) is 24.8 Å². The monoisotopic (exact) mass is 381 g/mol. The molecule has 0 aromatic carbocycles. The highest BCUT2D eigenvalue weighted by Gasteiger charge is 2.33. The molecule has 20 heavy (non-hydrogen) atoms. The minimum absolute atomic E-state index is 0. The summed E-state index contributed by atoms with van der Waals surface area (Å²) < 4.78 is 0.930. The van der Waals surface area contributed by atoms with E-state index in [9.17, 15) is 0 Å². The van der Waals surface area contributed by atoms with E-state index < -0.39 is 0 Å². The zero-order chi connectivity index (χ0) is 12.4. The van der Waals surface area contributed by atoms with Crippen molar-refractivity contribution in [3.8, 4) is 0 Å². The van der Waals surface area contributed by atoms with E-state index in [1.54, 1.807) is 0 Å². The molecule has 2 fully saturated rings. The Morgan fingerprint density at radius 2 is 1.90 bits per heavy atom. The van der Waals surface area contributed by atoms with Gasteiger partial charge in [0.2, 0.25) is 0 Å². The molecule has 1 atom stereocenters. The first-order chi connectivity index (χ1) is 8.84. The van der Waals surface area contributed by atoms with Gasteiger partial charge in [0, 0.05) is 38.4 Å². The first kappa shape index (κ1) is 18.2. The van der Waals surface area contributed by atoms with Crippen LogP contribution in [0.2, 0.25) is 0 Å². The Morgan fingerprint density at radius 1 is 1.20 bits per heavy atom. The number of piperazine rings is 1. The smallest absolute Gasteiger partial charge is 0.106 e. The number of rotatable bonds is 3. The van der Waals surface area contributed by atoms with Crippen LogP contribution in [0.15, 0.2) is 22.9 Å². The van der Waals surface area contributed by atoms with Gasteiger partial charge in [-0.3, -0.25) is 4.90 Å². The second kappa shape index (κ2) is 8.54. The molecule has 0 unspecified atom stereocenters. The molecule has 3 rings (SSSR count). The minimum atomic E-state index is 0. The Kier molecular flexibility index (Phi) is 7.77. The van der Waals surface area contributed by atoms with Crippen LogP contribution in [0.25, 0.3) is 0 Å². The van der Waals surface area contributed by atoms with Crippen molar-refractivity contribution in [3.63, 3.8) is 0 Å². The third-order valence-corrected chi connectivity index (χ3v) is 4.70. The van der Waals surface area contributed by atoms with Crippen molar-refractivity contribution in [1.82, 2.24) is 15.2 Å². The first-order valence-corrected chi connectivity index (χ1v) is 7.70. The molecule has 1 aromatic rings. The van der Waals surface area contributed by atoms with Crippen molar-refractivity contribution in [2.45, 2.75) is 25.3 Å². The lowest BCUT2D eigenvalue weighted by molar-refractivity contribution is 0.0835.